The van der Waals surface area contributed by atoms with Gasteiger partial charge in [0.2, 0.25) is 0 Å². The number of nitrogens with zero attached hydrogens (tertiary/aromatic N) is 2. The fraction of sp³-hybridized carbons (Fsp3) is 0.0833. The quantitative estimate of drug-likeness (QED) is 0.331. The lowest BCUT2D eigenvalue weighted by atomic mass is 10.0. The molecule has 7 nitrogen and oxygen atoms in total. The molecule has 0 fully saturated rings. The van der Waals surface area contributed by atoms with Gasteiger partial charge in [-0.1, -0.05) is 35.9 Å². The molecule has 0 aliphatic heterocycles. The van der Waals surface area contributed by atoms with Crippen molar-refractivity contribution in [3.63, 3.8) is 0 Å². The monoisotopic (exact) mass is 466 g/mol. The number of halogens is 2. The number of ether oxygens (including phenoxy) is 1. The first kappa shape index (κ1) is 22.2. The summed E-state index contributed by atoms with van der Waals surface area (Å²) < 4.78 is 21.0. The molecule has 3 aromatic carbocycles. The number of benzene rings is 3. The largest absolute Gasteiger partial charge is 0.478 e. The Labute approximate surface area is 192 Å². The maximum atomic E-state index is 14.9. The van der Waals surface area contributed by atoms with E-state index in [2.05, 4.69) is 5.10 Å². The number of carboxylic acids is 1. The second kappa shape index (κ2) is 8.48. The average molecular weight is 467 g/mol. The Morgan fingerprint density at radius 1 is 1.09 bits per heavy atom. The van der Waals surface area contributed by atoms with Gasteiger partial charge in [-0.2, -0.15) is 9.78 Å². The lowest BCUT2D eigenvalue weighted by Crippen LogP contribution is -2.15. The maximum Gasteiger partial charge on any atom is 0.339 e. The zero-order chi connectivity index (χ0) is 23.9. The highest BCUT2D eigenvalue weighted by Crippen LogP contribution is 2.34. The first-order valence-corrected chi connectivity index (χ1v) is 10.1. The van der Waals surface area contributed by atoms with Crippen molar-refractivity contribution in [1.82, 2.24) is 9.78 Å². The molecular weight excluding hydrogens is 451 g/mol. The number of hydrogen-bond acceptors (Lipinski definition) is 5. The van der Waals surface area contributed by atoms with E-state index in [-0.39, 0.29) is 44.1 Å². The molecule has 0 atom stereocenters. The van der Waals surface area contributed by atoms with Gasteiger partial charge in [-0.3, -0.25) is 9.59 Å². The van der Waals surface area contributed by atoms with Gasteiger partial charge in [0.05, 0.1) is 21.5 Å². The first-order chi connectivity index (χ1) is 15.7. The van der Waals surface area contributed by atoms with Crippen molar-refractivity contribution in [2.75, 3.05) is 0 Å². The standard InChI is InChI=1S/C24H16ClFN2O5/c1-12-5-3-6-16(25)20(12)23(30)28-18-8-4-7-17(26)21(18)22(27-28)14-9-10-15(24(31)32)19(11-14)33-13(2)29/h3-11H,1-2H3,(H,31,32). The van der Waals surface area contributed by atoms with Crippen LogP contribution >= 0.6 is 11.6 Å². The van der Waals surface area contributed by atoms with Gasteiger partial charge in [0, 0.05) is 12.5 Å². The Kier molecular flexibility index (Phi) is 5.69. The number of aromatic carboxylic acids is 1. The summed E-state index contributed by atoms with van der Waals surface area (Å²) in [6.45, 7) is 2.86. The predicted octanol–water partition coefficient (Wildman–Crippen LogP) is 5.12. The molecule has 0 aliphatic rings. The van der Waals surface area contributed by atoms with E-state index in [9.17, 15) is 23.9 Å². The normalized spacial score (nSPS) is 10.9. The number of carboxylic acid groups (broad SMARTS) is 1. The van der Waals surface area contributed by atoms with Crippen LogP contribution in [0.25, 0.3) is 22.2 Å². The third-order valence-electron chi connectivity index (χ3n) is 5.02. The molecule has 0 aliphatic carbocycles. The zero-order valence-corrected chi connectivity index (χ0v) is 18.2. The molecule has 9 heteroatoms. The van der Waals surface area contributed by atoms with Crippen LogP contribution in [0.4, 0.5) is 4.39 Å². The van der Waals surface area contributed by atoms with E-state index in [1.807, 2.05) is 0 Å². The summed E-state index contributed by atoms with van der Waals surface area (Å²) in [6, 6.07) is 13.1. The minimum Gasteiger partial charge on any atom is -0.478 e. The van der Waals surface area contributed by atoms with E-state index in [0.717, 1.165) is 11.6 Å². The van der Waals surface area contributed by atoms with Gasteiger partial charge >= 0.3 is 11.9 Å². The number of fused-ring (bicyclic) bond motifs is 1. The molecule has 1 aromatic heterocycles. The van der Waals surface area contributed by atoms with Gasteiger partial charge < -0.3 is 9.84 Å². The minimum atomic E-state index is -1.30. The van der Waals surface area contributed by atoms with Gasteiger partial charge in [0.1, 0.15) is 22.8 Å². The van der Waals surface area contributed by atoms with Crippen LogP contribution in [0.2, 0.25) is 5.02 Å². The van der Waals surface area contributed by atoms with E-state index in [4.69, 9.17) is 16.3 Å². The Morgan fingerprint density at radius 2 is 1.82 bits per heavy atom. The molecular formula is C24H16ClFN2O5. The van der Waals surface area contributed by atoms with Crippen LogP contribution in [0.15, 0.2) is 54.6 Å². The van der Waals surface area contributed by atoms with Gasteiger partial charge in [0.15, 0.2) is 0 Å². The van der Waals surface area contributed by atoms with E-state index >= 15 is 0 Å². The highest BCUT2D eigenvalue weighted by Gasteiger charge is 2.24. The Hall–Kier alpha value is -4.04. The third-order valence-corrected chi connectivity index (χ3v) is 5.34. The molecule has 166 valence electrons. The van der Waals surface area contributed by atoms with E-state index in [0.29, 0.717) is 5.56 Å². The van der Waals surface area contributed by atoms with E-state index < -0.39 is 23.7 Å². The Balaban J connectivity index is 1.97. The SMILES string of the molecule is CC(=O)Oc1cc(-c2nn(C(=O)c3c(C)cccc3Cl)c3cccc(F)c23)ccc1C(=O)O. The van der Waals surface area contributed by atoms with Crippen LogP contribution in [-0.2, 0) is 4.79 Å². The number of carbonyl (C=O) groups is 3. The molecule has 0 spiro atoms. The number of esters is 1. The molecule has 4 aromatic rings. The molecule has 0 saturated carbocycles. The van der Waals surface area contributed by atoms with Gasteiger partial charge in [-0.15, -0.1) is 0 Å². The van der Waals surface area contributed by atoms with Crippen LogP contribution in [0.5, 0.6) is 5.75 Å². The number of rotatable bonds is 4. The zero-order valence-electron chi connectivity index (χ0n) is 17.4. The summed E-state index contributed by atoms with van der Waals surface area (Å²) in [5.41, 5.74) is 1.13. The van der Waals surface area contributed by atoms with Crippen molar-refractivity contribution in [1.29, 1.82) is 0 Å². The van der Waals surface area contributed by atoms with Crippen LogP contribution in [0.3, 0.4) is 0 Å². The van der Waals surface area contributed by atoms with Crippen LogP contribution in [0, 0.1) is 12.7 Å². The van der Waals surface area contributed by atoms with Crippen LogP contribution in [-0.4, -0.2) is 32.7 Å². The van der Waals surface area contributed by atoms with Gasteiger partial charge in [-0.05, 0) is 42.8 Å². The number of aryl methyl sites for hydroxylation is 1. The van der Waals surface area contributed by atoms with Crippen LogP contribution < -0.4 is 4.74 Å². The Bertz CT molecular complexity index is 1440. The fourth-order valence-electron chi connectivity index (χ4n) is 3.58. The maximum absolute atomic E-state index is 14.9. The highest BCUT2D eigenvalue weighted by molar-refractivity contribution is 6.34. The topological polar surface area (TPSA) is 98.5 Å². The molecule has 0 saturated heterocycles. The number of hydrogen-bond donors (Lipinski definition) is 1. The molecule has 1 heterocycles. The van der Waals surface area contributed by atoms with Crippen molar-refractivity contribution in [2.45, 2.75) is 13.8 Å². The second-order valence-electron chi connectivity index (χ2n) is 7.24. The molecule has 0 bridgehead atoms. The minimum absolute atomic E-state index is 0.0485. The highest BCUT2D eigenvalue weighted by atomic mass is 35.5. The molecule has 0 amide bonds. The fourth-order valence-corrected chi connectivity index (χ4v) is 3.88. The van der Waals surface area contributed by atoms with Gasteiger partial charge in [0.25, 0.3) is 5.91 Å². The molecule has 33 heavy (non-hydrogen) atoms. The van der Waals surface area contributed by atoms with Crippen LogP contribution in [0.1, 0.15) is 33.2 Å². The molecule has 0 unspecified atom stereocenters. The number of aromatic nitrogens is 2. The number of carbonyl (C=O) groups excluding carboxylic acids is 2. The summed E-state index contributed by atoms with van der Waals surface area (Å²) in [5, 5.41) is 14.0. The molecule has 0 radical (unpaired) electrons. The van der Waals surface area contributed by atoms with Crippen molar-refractivity contribution < 1.29 is 28.6 Å². The van der Waals surface area contributed by atoms with Crippen molar-refractivity contribution in [3.8, 4) is 17.0 Å². The second-order valence-corrected chi connectivity index (χ2v) is 7.65. The molecule has 4 rings (SSSR count). The Morgan fingerprint density at radius 3 is 2.48 bits per heavy atom. The summed E-state index contributed by atoms with van der Waals surface area (Å²) in [4.78, 5) is 36.3. The lowest BCUT2D eigenvalue weighted by molar-refractivity contribution is -0.131. The summed E-state index contributed by atoms with van der Waals surface area (Å²) in [6.07, 6.45) is 0. The van der Waals surface area contributed by atoms with E-state index in [1.54, 1.807) is 25.1 Å². The van der Waals surface area contributed by atoms with Gasteiger partial charge in [-0.25, -0.2) is 9.18 Å². The smallest absolute Gasteiger partial charge is 0.339 e. The predicted molar refractivity (Wildman–Crippen MR) is 119 cm³/mol. The summed E-state index contributed by atoms with van der Waals surface area (Å²) in [7, 11) is 0. The van der Waals surface area contributed by atoms with Crippen molar-refractivity contribution >= 4 is 40.3 Å². The molecule has 1 N–H and O–H groups in total. The third kappa shape index (κ3) is 3.96. The van der Waals surface area contributed by atoms with Crippen molar-refractivity contribution in [3.05, 3.63) is 82.1 Å². The van der Waals surface area contributed by atoms with E-state index in [1.165, 1.54) is 36.4 Å². The summed E-state index contributed by atoms with van der Waals surface area (Å²) in [5.74, 6) is -3.43. The first-order valence-electron chi connectivity index (χ1n) is 9.72. The average Bonchev–Trinajstić information content (AvgIpc) is 3.14. The lowest BCUT2D eigenvalue weighted by Gasteiger charge is -2.08. The van der Waals surface area contributed by atoms with Crippen molar-refractivity contribution in [2.24, 2.45) is 0 Å². The summed E-state index contributed by atoms with van der Waals surface area (Å²) >= 11 is 6.26.